The Hall–Kier alpha value is -1.11. The number of aromatic nitrogens is 1. The Labute approximate surface area is 84.7 Å². The highest BCUT2D eigenvalue weighted by atomic mass is 79.9. The van der Waals surface area contributed by atoms with Crippen molar-refractivity contribution >= 4 is 21.9 Å². The number of aromatic carboxylic acids is 1. The molecule has 0 radical (unpaired) electrons. The van der Waals surface area contributed by atoms with Gasteiger partial charge in [-0.05, 0) is 28.1 Å². The lowest BCUT2D eigenvalue weighted by atomic mass is 10.3. The van der Waals surface area contributed by atoms with Gasteiger partial charge in [-0.25, -0.2) is 9.78 Å². The third-order valence-electron chi connectivity index (χ3n) is 1.33. The highest BCUT2D eigenvalue weighted by Gasteiger charge is 2.35. The molecule has 0 atom stereocenters. The minimum absolute atomic E-state index is 0.282. The zero-order valence-corrected chi connectivity index (χ0v) is 8.06. The predicted octanol–water partition coefficient (Wildman–Crippen LogP) is 2.56. The van der Waals surface area contributed by atoms with Crippen LogP contribution in [0.2, 0.25) is 0 Å². The Morgan fingerprint density at radius 3 is 2.43 bits per heavy atom. The second kappa shape index (κ2) is 3.56. The van der Waals surface area contributed by atoms with Crippen LogP contribution in [0.1, 0.15) is 16.2 Å². The fraction of sp³-hybridized carbons (Fsp3) is 0.143. The Bertz CT molecular complexity index is 378. The molecule has 14 heavy (non-hydrogen) atoms. The third-order valence-corrected chi connectivity index (χ3v) is 1.97. The second-order valence-electron chi connectivity index (χ2n) is 2.33. The first-order valence-electron chi connectivity index (χ1n) is 3.29. The van der Waals surface area contributed by atoms with Crippen LogP contribution in [-0.4, -0.2) is 16.1 Å². The number of alkyl halides is 3. The first-order valence-corrected chi connectivity index (χ1v) is 4.08. The number of pyridine rings is 1. The number of halogens is 4. The van der Waals surface area contributed by atoms with Crippen molar-refractivity contribution in [2.24, 2.45) is 0 Å². The third kappa shape index (κ3) is 2.22. The summed E-state index contributed by atoms with van der Waals surface area (Å²) < 4.78 is 36.3. The van der Waals surface area contributed by atoms with Crippen molar-refractivity contribution in [2.75, 3.05) is 0 Å². The van der Waals surface area contributed by atoms with Gasteiger partial charge in [0, 0.05) is 4.47 Å². The van der Waals surface area contributed by atoms with Crippen LogP contribution in [0.15, 0.2) is 16.6 Å². The molecule has 0 spiro atoms. The van der Waals surface area contributed by atoms with Gasteiger partial charge in [0.2, 0.25) is 0 Å². The number of carboxylic acids is 1. The maximum Gasteiger partial charge on any atom is 0.434 e. The van der Waals surface area contributed by atoms with E-state index in [1.54, 1.807) is 0 Å². The molecule has 0 saturated heterocycles. The van der Waals surface area contributed by atoms with Crippen LogP contribution < -0.4 is 0 Å². The number of hydrogen-bond acceptors (Lipinski definition) is 2. The van der Waals surface area contributed by atoms with Crippen molar-refractivity contribution < 1.29 is 23.1 Å². The molecule has 3 nitrogen and oxygen atoms in total. The van der Waals surface area contributed by atoms with E-state index in [2.05, 4.69) is 20.9 Å². The summed E-state index contributed by atoms with van der Waals surface area (Å²) in [6.07, 6.45) is -4.66. The molecule has 7 heteroatoms. The van der Waals surface area contributed by atoms with E-state index >= 15 is 0 Å². The number of hydrogen-bond donors (Lipinski definition) is 1. The Morgan fingerprint density at radius 1 is 1.43 bits per heavy atom. The molecule has 0 aromatic carbocycles. The lowest BCUT2D eigenvalue weighted by Crippen LogP contribution is -2.12. The summed E-state index contributed by atoms with van der Waals surface area (Å²) in [6, 6.07) is 1.99. The monoisotopic (exact) mass is 269 g/mol. The van der Waals surface area contributed by atoms with Crippen LogP contribution in [0.3, 0.4) is 0 Å². The fourth-order valence-corrected chi connectivity index (χ4v) is 1.21. The maximum atomic E-state index is 12.2. The summed E-state index contributed by atoms with van der Waals surface area (Å²) in [7, 11) is 0. The molecule has 0 unspecified atom stereocenters. The predicted molar refractivity (Wildman–Crippen MR) is 43.9 cm³/mol. The first kappa shape index (κ1) is 11.0. The summed E-state index contributed by atoms with van der Waals surface area (Å²) in [5.41, 5.74) is -1.88. The van der Waals surface area contributed by atoms with Gasteiger partial charge in [-0.3, -0.25) is 0 Å². The Morgan fingerprint density at radius 2 is 2.00 bits per heavy atom. The Balaban J connectivity index is 3.29. The van der Waals surface area contributed by atoms with Crippen molar-refractivity contribution in [1.82, 2.24) is 4.98 Å². The van der Waals surface area contributed by atoms with Gasteiger partial charge in [0.15, 0.2) is 5.69 Å². The van der Waals surface area contributed by atoms with Crippen LogP contribution in [0.25, 0.3) is 0 Å². The van der Waals surface area contributed by atoms with E-state index in [9.17, 15) is 18.0 Å². The SMILES string of the molecule is O=C(O)c1ccc(Br)c(C(F)(F)F)n1. The van der Waals surface area contributed by atoms with Crippen LogP contribution in [-0.2, 0) is 6.18 Å². The number of rotatable bonds is 1. The summed E-state index contributed by atoms with van der Waals surface area (Å²) >= 11 is 2.64. The summed E-state index contributed by atoms with van der Waals surface area (Å²) in [5.74, 6) is -1.50. The van der Waals surface area contributed by atoms with E-state index in [0.29, 0.717) is 0 Å². The van der Waals surface area contributed by atoms with Gasteiger partial charge in [-0.15, -0.1) is 0 Å². The molecular weight excluding hydrogens is 267 g/mol. The number of carboxylic acid groups (broad SMARTS) is 1. The molecule has 1 aromatic rings. The molecule has 0 aliphatic rings. The minimum Gasteiger partial charge on any atom is -0.477 e. The molecule has 76 valence electrons. The zero-order chi connectivity index (χ0) is 10.9. The average Bonchev–Trinajstić information content (AvgIpc) is 2.02. The molecule has 1 heterocycles. The van der Waals surface area contributed by atoms with Gasteiger partial charge in [-0.2, -0.15) is 13.2 Å². The highest BCUT2D eigenvalue weighted by Crippen LogP contribution is 2.33. The quantitative estimate of drug-likeness (QED) is 0.853. The number of nitrogens with zero attached hydrogens (tertiary/aromatic N) is 1. The highest BCUT2D eigenvalue weighted by molar-refractivity contribution is 9.10. The van der Waals surface area contributed by atoms with E-state index < -0.39 is 23.5 Å². The maximum absolute atomic E-state index is 12.2. The van der Waals surface area contributed by atoms with Crippen molar-refractivity contribution in [3.8, 4) is 0 Å². The minimum atomic E-state index is -4.66. The smallest absolute Gasteiger partial charge is 0.434 e. The molecule has 1 N–H and O–H groups in total. The molecule has 0 aliphatic carbocycles. The van der Waals surface area contributed by atoms with E-state index in [1.165, 1.54) is 0 Å². The summed E-state index contributed by atoms with van der Waals surface area (Å²) in [4.78, 5) is 13.3. The van der Waals surface area contributed by atoms with Crippen molar-refractivity contribution in [3.63, 3.8) is 0 Å². The molecule has 0 bridgehead atoms. The van der Waals surface area contributed by atoms with E-state index in [1.807, 2.05) is 0 Å². The van der Waals surface area contributed by atoms with E-state index in [0.717, 1.165) is 12.1 Å². The summed E-state index contributed by atoms with van der Waals surface area (Å²) in [5, 5.41) is 8.42. The van der Waals surface area contributed by atoms with Gasteiger partial charge in [0.25, 0.3) is 0 Å². The van der Waals surface area contributed by atoms with Crippen LogP contribution in [0, 0.1) is 0 Å². The fourth-order valence-electron chi connectivity index (χ4n) is 0.760. The normalized spacial score (nSPS) is 11.4. The largest absolute Gasteiger partial charge is 0.477 e. The molecule has 0 amide bonds. The molecular formula is C7H3BrF3NO2. The van der Waals surface area contributed by atoms with Gasteiger partial charge in [-0.1, -0.05) is 0 Å². The van der Waals surface area contributed by atoms with Gasteiger partial charge in [0.05, 0.1) is 0 Å². The number of carbonyl (C=O) groups is 1. The lowest BCUT2D eigenvalue weighted by Gasteiger charge is -2.07. The molecule has 0 aliphatic heterocycles. The van der Waals surface area contributed by atoms with Gasteiger partial charge >= 0.3 is 12.1 Å². The van der Waals surface area contributed by atoms with Gasteiger partial charge < -0.3 is 5.11 Å². The van der Waals surface area contributed by atoms with Crippen molar-refractivity contribution in [2.45, 2.75) is 6.18 Å². The summed E-state index contributed by atoms with van der Waals surface area (Å²) in [6.45, 7) is 0. The van der Waals surface area contributed by atoms with Crippen LogP contribution in [0.4, 0.5) is 13.2 Å². The van der Waals surface area contributed by atoms with E-state index in [4.69, 9.17) is 5.11 Å². The van der Waals surface area contributed by atoms with Crippen LogP contribution in [0.5, 0.6) is 0 Å². The first-order chi connectivity index (χ1) is 6.32. The lowest BCUT2D eigenvalue weighted by molar-refractivity contribution is -0.141. The van der Waals surface area contributed by atoms with Crippen LogP contribution >= 0.6 is 15.9 Å². The standard InChI is InChI=1S/C7H3BrF3NO2/c8-3-1-2-4(6(13)14)12-5(3)7(9,10)11/h1-2H,(H,13,14). The molecule has 0 saturated carbocycles. The average molecular weight is 270 g/mol. The Kier molecular flexibility index (Phi) is 2.79. The van der Waals surface area contributed by atoms with Crippen molar-refractivity contribution in [3.05, 3.63) is 28.0 Å². The molecule has 1 aromatic heterocycles. The molecule has 1 rings (SSSR count). The molecule has 0 fully saturated rings. The zero-order valence-electron chi connectivity index (χ0n) is 6.47. The van der Waals surface area contributed by atoms with Crippen molar-refractivity contribution in [1.29, 1.82) is 0 Å². The van der Waals surface area contributed by atoms with Gasteiger partial charge in [0.1, 0.15) is 5.69 Å². The second-order valence-corrected chi connectivity index (χ2v) is 3.18. The van der Waals surface area contributed by atoms with E-state index in [-0.39, 0.29) is 4.47 Å². The topological polar surface area (TPSA) is 50.2 Å².